The molecule has 3 rings (SSSR count). The van der Waals surface area contributed by atoms with Crippen LogP contribution in [0.25, 0.3) is 0 Å². The molecule has 6 nitrogen and oxygen atoms in total. The molecule has 0 amide bonds. The van der Waals surface area contributed by atoms with Gasteiger partial charge in [0.25, 0.3) is 10.0 Å². The van der Waals surface area contributed by atoms with Gasteiger partial charge in [0.15, 0.2) is 5.84 Å². The second-order valence-electron chi connectivity index (χ2n) is 6.89. The van der Waals surface area contributed by atoms with Crippen LogP contribution >= 0.6 is 22.6 Å². The third-order valence-corrected chi connectivity index (χ3v) is 6.79. The average molecular weight is 530 g/mol. The summed E-state index contributed by atoms with van der Waals surface area (Å²) in [6.45, 7) is 7.83. The van der Waals surface area contributed by atoms with Crippen LogP contribution < -0.4 is 4.83 Å². The molecule has 1 aliphatic heterocycles. The number of sulfonamides is 1. The van der Waals surface area contributed by atoms with Gasteiger partial charge in [0.2, 0.25) is 0 Å². The van der Waals surface area contributed by atoms with E-state index in [2.05, 4.69) is 44.3 Å². The molecule has 0 aromatic heterocycles. The minimum atomic E-state index is -3.86. The van der Waals surface area contributed by atoms with Crippen molar-refractivity contribution in [3.8, 4) is 0 Å². The van der Waals surface area contributed by atoms with Crippen LogP contribution in [0.1, 0.15) is 18.1 Å². The van der Waals surface area contributed by atoms with Crippen LogP contribution in [-0.4, -0.2) is 56.8 Å². The van der Waals surface area contributed by atoms with E-state index in [-0.39, 0.29) is 10.5 Å². The Morgan fingerprint density at radius 2 is 1.79 bits per heavy atom. The van der Waals surface area contributed by atoms with Crippen LogP contribution in [0.5, 0.6) is 0 Å². The zero-order chi connectivity index (χ0) is 21.0. The van der Waals surface area contributed by atoms with Crippen molar-refractivity contribution < 1.29 is 12.8 Å². The number of hydrogen-bond donors (Lipinski definition) is 1. The van der Waals surface area contributed by atoms with E-state index in [1.807, 2.05) is 11.8 Å². The lowest BCUT2D eigenvalue weighted by molar-refractivity contribution is 0.189. The Morgan fingerprint density at radius 1 is 1.14 bits per heavy atom. The van der Waals surface area contributed by atoms with Crippen molar-refractivity contribution in [1.82, 2.24) is 14.6 Å². The Balaban J connectivity index is 1.94. The summed E-state index contributed by atoms with van der Waals surface area (Å²) in [4.78, 5) is 6.63. The number of benzene rings is 2. The molecule has 0 atom stereocenters. The molecule has 0 unspecified atom stereocenters. The summed E-state index contributed by atoms with van der Waals surface area (Å²) in [5, 5.41) is 4.18. The number of nitrogens with one attached hydrogen (secondary N) is 1. The van der Waals surface area contributed by atoms with Crippen LogP contribution in [0.3, 0.4) is 0 Å². The molecule has 1 aliphatic rings. The zero-order valence-corrected chi connectivity index (χ0v) is 19.4. The van der Waals surface area contributed by atoms with E-state index in [1.165, 1.54) is 18.2 Å². The fraction of sp³-hybridized carbons (Fsp3) is 0.350. The van der Waals surface area contributed by atoms with E-state index in [0.717, 1.165) is 28.8 Å². The number of halogens is 2. The number of likely N-dealkylation sites (N-methyl/N-ethyl adjacent to an activating group) is 1. The maximum atomic E-state index is 14.6. The molecule has 9 heteroatoms. The van der Waals surface area contributed by atoms with Gasteiger partial charge >= 0.3 is 0 Å². The molecule has 1 saturated heterocycles. The molecule has 2 aromatic rings. The quantitative estimate of drug-likeness (QED) is 0.280. The molecular formula is C20H24FIN4O2S. The van der Waals surface area contributed by atoms with Crippen molar-refractivity contribution in [2.75, 3.05) is 32.7 Å². The number of piperazine rings is 1. The first kappa shape index (κ1) is 22.0. The fourth-order valence-corrected chi connectivity index (χ4v) is 4.42. The lowest BCUT2D eigenvalue weighted by atomic mass is 10.1. The van der Waals surface area contributed by atoms with Crippen LogP contribution in [0, 0.1) is 16.3 Å². The largest absolute Gasteiger partial charge is 0.352 e. The highest BCUT2D eigenvalue weighted by atomic mass is 127. The molecule has 2 aromatic carbocycles. The number of nitrogens with zero attached hydrogens (tertiary/aromatic N) is 3. The highest BCUT2D eigenvalue weighted by Gasteiger charge is 2.24. The number of rotatable bonds is 5. The van der Waals surface area contributed by atoms with E-state index in [1.54, 1.807) is 24.3 Å². The first-order valence-electron chi connectivity index (χ1n) is 9.39. The van der Waals surface area contributed by atoms with E-state index in [0.29, 0.717) is 18.9 Å². The zero-order valence-electron chi connectivity index (χ0n) is 16.4. The first-order valence-corrected chi connectivity index (χ1v) is 11.9. The number of aryl methyl sites for hydroxylation is 1. The molecule has 0 spiro atoms. The standard InChI is InChI=1S/C20H24FIN4O2S/c1-3-25-10-12-26(13-11-25)20(18-14-16(22)6-9-19(18)21)23-24-29(27,28)17-7-4-15(2)5-8-17/h4-9,14,24H,3,10-13H2,1-2H3/b23-20-. The van der Waals surface area contributed by atoms with E-state index in [4.69, 9.17) is 0 Å². The van der Waals surface area contributed by atoms with Crippen molar-refractivity contribution in [3.63, 3.8) is 0 Å². The Kier molecular flexibility index (Phi) is 7.12. The summed E-state index contributed by atoms with van der Waals surface area (Å²) in [5.74, 6) is -0.135. The monoisotopic (exact) mass is 530 g/mol. The molecule has 0 bridgehead atoms. The average Bonchev–Trinajstić information content (AvgIpc) is 2.71. The van der Waals surface area contributed by atoms with Crippen molar-refractivity contribution in [2.45, 2.75) is 18.7 Å². The predicted molar refractivity (Wildman–Crippen MR) is 121 cm³/mol. The molecule has 1 heterocycles. The second-order valence-corrected chi connectivity index (χ2v) is 9.80. The Labute approximate surface area is 185 Å². The van der Waals surface area contributed by atoms with E-state index in [9.17, 15) is 12.8 Å². The van der Waals surface area contributed by atoms with Crippen molar-refractivity contribution in [2.24, 2.45) is 5.10 Å². The van der Waals surface area contributed by atoms with Gasteiger partial charge in [-0.2, -0.15) is 13.2 Å². The summed E-state index contributed by atoms with van der Waals surface area (Å²) in [6.07, 6.45) is 0. The van der Waals surface area contributed by atoms with Gasteiger partial charge in [-0.05, 0) is 66.4 Å². The summed E-state index contributed by atoms with van der Waals surface area (Å²) in [6, 6.07) is 11.2. The lowest BCUT2D eigenvalue weighted by Gasteiger charge is -2.36. The molecule has 1 fully saturated rings. The lowest BCUT2D eigenvalue weighted by Crippen LogP contribution is -2.49. The highest BCUT2D eigenvalue weighted by molar-refractivity contribution is 14.1. The SMILES string of the molecule is CCN1CCN(/C(=N\NS(=O)(=O)c2ccc(C)cc2)c2cc(I)ccc2F)CC1. The van der Waals surface area contributed by atoms with Crippen molar-refractivity contribution >= 4 is 38.4 Å². The molecule has 1 N–H and O–H groups in total. The van der Waals surface area contributed by atoms with E-state index >= 15 is 0 Å². The topological polar surface area (TPSA) is 65.0 Å². The van der Waals surface area contributed by atoms with Gasteiger partial charge in [-0.15, -0.1) is 5.10 Å². The molecule has 29 heavy (non-hydrogen) atoms. The first-order chi connectivity index (χ1) is 13.8. The van der Waals surface area contributed by atoms with Gasteiger partial charge in [-0.1, -0.05) is 24.6 Å². The van der Waals surface area contributed by atoms with Crippen molar-refractivity contribution in [1.29, 1.82) is 0 Å². The molecular weight excluding hydrogens is 506 g/mol. The maximum Gasteiger partial charge on any atom is 0.276 e. The summed E-state index contributed by atoms with van der Waals surface area (Å²) in [5.41, 5.74) is 1.25. The third kappa shape index (κ3) is 5.46. The minimum absolute atomic E-state index is 0.116. The van der Waals surface area contributed by atoms with Crippen molar-refractivity contribution in [3.05, 3.63) is 63.0 Å². The third-order valence-electron chi connectivity index (χ3n) is 4.89. The van der Waals surface area contributed by atoms with Gasteiger partial charge in [-0.3, -0.25) is 0 Å². The van der Waals surface area contributed by atoms with Gasteiger partial charge in [0.1, 0.15) is 5.82 Å². The summed E-state index contributed by atoms with van der Waals surface area (Å²) < 4.78 is 40.8. The number of hydrogen-bond acceptors (Lipinski definition) is 4. The van der Waals surface area contributed by atoms with Gasteiger partial charge in [-0.25, -0.2) is 4.39 Å². The number of hydrazone groups is 1. The smallest absolute Gasteiger partial charge is 0.276 e. The fourth-order valence-electron chi connectivity index (χ4n) is 3.12. The molecule has 0 radical (unpaired) electrons. The Bertz CT molecular complexity index is 988. The van der Waals surface area contributed by atoms with Crippen LogP contribution in [0.2, 0.25) is 0 Å². The number of amidine groups is 1. The van der Waals surface area contributed by atoms with Gasteiger partial charge in [0.05, 0.1) is 10.5 Å². The normalized spacial score (nSPS) is 16.1. The Morgan fingerprint density at radius 3 is 2.41 bits per heavy atom. The van der Waals surface area contributed by atoms with E-state index < -0.39 is 15.8 Å². The Hall–Kier alpha value is -1.72. The van der Waals surface area contributed by atoms with Gasteiger partial charge < -0.3 is 9.80 Å². The molecule has 0 aliphatic carbocycles. The van der Waals surface area contributed by atoms with Crippen LogP contribution in [-0.2, 0) is 10.0 Å². The summed E-state index contributed by atoms with van der Waals surface area (Å²) in [7, 11) is -3.86. The predicted octanol–water partition coefficient (Wildman–Crippen LogP) is 3.02. The van der Waals surface area contributed by atoms with Crippen LogP contribution in [0.4, 0.5) is 4.39 Å². The minimum Gasteiger partial charge on any atom is -0.352 e. The highest BCUT2D eigenvalue weighted by Crippen LogP contribution is 2.18. The molecule has 156 valence electrons. The van der Waals surface area contributed by atoms with Gasteiger partial charge in [0, 0.05) is 29.7 Å². The molecule has 0 saturated carbocycles. The summed E-state index contributed by atoms with van der Waals surface area (Å²) >= 11 is 2.11. The second kappa shape index (κ2) is 9.40. The van der Waals surface area contributed by atoms with Crippen LogP contribution in [0.15, 0.2) is 52.5 Å². The maximum absolute atomic E-state index is 14.6.